The Morgan fingerprint density at radius 2 is 2.05 bits per heavy atom. The number of rotatable bonds is 2. The molecular formula is C15H14LiN2O. The standard InChI is InChI=1S/C15H14N2O.Li/c1-10-13-6-5-12(18-2)8-14(13)17-15(10)11-4-3-7-16-9-11;/h3-9,17H,1-2H3;. The number of methoxy groups -OCH3 is 1. The van der Waals surface area contributed by atoms with Gasteiger partial charge in [-0.3, -0.25) is 4.98 Å². The van der Waals surface area contributed by atoms with Gasteiger partial charge in [0.15, 0.2) is 0 Å². The molecule has 3 nitrogen and oxygen atoms in total. The van der Waals surface area contributed by atoms with Gasteiger partial charge in [-0.25, -0.2) is 0 Å². The van der Waals surface area contributed by atoms with E-state index in [1.807, 2.05) is 24.4 Å². The van der Waals surface area contributed by atoms with Crippen molar-refractivity contribution in [2.24, 2.45) is 0 Å². The van der Waals surface area contributed by atoms with Gasteiger partial charge >= 0.3 is 0 Å². The van der Waals surface area contributed by atoms with Gasteiger partial charge in [0.2, 0.25) is 0 Å². The number of aromatic amines is 1. The topological polar surface area (TPSA) is 37.9 Å². The SMILES string of the molecule is COc1ccc2c(C)c(-c3cccnc3)[nH]c2c1.[Li]. The van der Waals surface area contributed by atoms with E-state index in [2.05, 4.69) is 29.0 Å². The Kier molecular flexibility index (Phi) is 3.99. The number of ether oxygens (including phenoxy) is 1. The minimum absolute atomic E-state index is 0. The third-order valence-corrected chi connectivity index (χ3v) is 3.22. The van der Waals surface area contributed by atoms with Crippen molar-refractivity contribution in [2.45, 2.75) is 6.92 Å². The maximum absolute atomic E-state index is 5.24. The van der Waals surface area contributed by atoms with Gasteiger partial charge in [-0.05, 0) is 36.8 Å². The Hall–Kier alpha value is -1.69. The van der Waals surface area contributed by atoms with Gasteiger partial charge in [0.05, 0.1) is 12.8 Å². The maximum atomic E-state index is 5.24. The summed E-state index contributed by atoms with van der Waals surface area (Å²) < 4.78 is 5.24. The van der Waals surface area contributed by atoms with E-state index in [9.17, 15) is 0 Å². The van der Waals surface area contributed by atoms with Crippen LogP contribution in [0.25, 0.3) is 22.2 Å². The van der Waals surface area contributed by atoms with E-state index in [1.54, 1.807) is 13.3 Å². The third kappa shape index (κ3) is 2.40. The van der Waals surface area contributed by atoms with Gasteiger partial charge in [0, 0.05) is 53.8 Å². The van der Waals surface area contributed by atoms with Crippen molar-refractivity contribution in [3.8, 4) is 17.0 Å². The van der Waals surface area contributed by atoms with Crippen LogP contribution in [-0.2, 0) is 0 Å². The molecule has 1 radical (unpaired) electrons. The summed E-state index contributed by atoms with van der Waals surface area (Å²) in [6, 6.07) is 10.1. The van der Waals surface area contributed by atoms with Crippen molar-refractivity contribution >= 4 is 29.8 Å². The molecule has 19 heavy (non-hydrogen) atoms. The van der Waals surface area contributed by atoms with E-state index in [-0.39, 0.29) is 18.9 Å². The summed E-state index contributed by atoms with van der Waals surface area (Å²) in [7, 11) is 1.68. The summed E-state index contributed by atoms with van der Waals surface area (Å²) in [4.78, 5) is 7.60. The van der Waals surface area contributed by atoms with Gasteiger partial charge in [-0.2, -0.15) is 0 Å². The number of aromatic nitrogens is 2. The van der Waals surface area contributed by atoms with E-state index in [4.69, 9.17) is 4.74 Å². The van der Waals surface area contributed by atoms with Crippen molar-refractivity contribution in [3.05, 3.63) is 48.3 Å². The van der Waals surface area contributed by atoms with Gasteiger partial charge < -0.3 is 9.72 Å². The second-order valence-electron chi connectivity index (χ2n) is 4.28. The molecular weight excluding hydrogens is 231 g/mol. The van der Waals surface area contributed by atoms with Gasteiger partial charge in [-0.15, -0.1) is 0 Å². The quantitative estimate of drug-likeness (QED) is 0.704. The normalized spacial score (nSPS) is 10.2. The second kappa shape index (κ2) is 5.52. The molecule has 0 amide bonds. The molecule has 0 spiro atoms. The first-order valence-electron chi connectivity index (χ1n) is 5.86. The zero-order valence-corrected chi connectivity index (χ0v) is 11.4. The van der Waals surface area contributed by atoms with E-state index in [1.165, 1.54) is 10.9 Å². The van der Waals surface area contributed by atoms with E-state index in [0.29, 0.717) is 0 Å². The van der Waals surface area contributed by atoms with E-state index < -0.39 is 0 Å². The number of benzene rings is 1. The predicted molar refractivity (Wildman–Crippen MR) is 78.6 cm³/mol. The average molecular weight is 245 g/mol. The Bertz CT molecular complexity index is 692. The minimum Gasteiger partial charge on any atom is -0.497 e. The molecule has 2 heterocycles. The van der Waals surface area contributed by atoms with Gasteiger partial charge in [-0.1, -0.05) is 0 Å². The van der Waals surface area contributed by atoms with Crippen LogP contribution >= 0.6 is 0 Å². The Labute approximate surface area is 124 Å². The molecule has 0 aliphatic rings. The number of pyridine rings is 1. The molecule has 4 heteroatoms. The summed E-state index contributed by atoms with van der Waals surface area (Å²) in [5, 5.41) is 1.22. The number of nitrogens with one attached hydrogen (secondary N) is 1. The van der Waals surface area contributed by atoms with E-state index >= 15 is 0 Å². The fourth-order valence-electron chi connectivity index (χ4n) is 2.24. The number of nitrogens with zero attached hydrogens (tertiary/aromatic N) is 1. The van der Waals surface area contributed by atoms with Crippen LogP contribution in [0.3, 0.4) is 0 Å². The van der Waals surface area contributed by atoms with Crippen molar-refractivity contribution in [3.63, 3.8) is 0 Å². The smallest absolute Gasteiger partial charge is 0.120 e. The zero-order chi connectivity index (χ0) is 12.5. The molecule has 0 saturated heterocycles. The summed E-state index contributed by atoms with van der Waals surface area (Å²) in [5.41, 5.74) is 4.54. The van der Waals surface area contributed by atoms with Crippen molar-refractivity contribution in [1.82, 2.24) is 9.97 Å². The van der Waals surface area contributed by atoms with E-state index in [0.717, 1.165) is 22.5 Å². The fourth-order valence-corrected chi connectivity index (χ4v) is 2.24. The summed E-state index contributed by atoms with van der Waals surface area (Å²) >= 11 is 0. The van der Waals surface area contributed by atoms with Crippen molar-refractivity contribution in [2.75, 3.05) is 7.11 Å². The predicted octanol–water partition coefficient (Wildman–Crippen LogP) is 3.17. The number of fused-ring (bicyclic) bond motifs is 1. The van der Waals surface area contributed by atoms with Crippen LogP contribution in [-0.4, -0.2) is 35.9 Å². The van der Waals surface area contributed by atoms with Crippen LogP contribution in [0.5, 0.6) is 5.75 Å². The molecule has 0 saturated carbocycles. The maximum Gasteiger partial charge on any atom is 0.120 e. The number of hydrogen-bond acceptors (Lipinski definition) is 2. The monoisotopic (exact) mass is 245 g/mol. The number of aryl methyl sites for hydroxylation is 1. The second-order valence-corrected chi connectivity index (χ2v) is 4.28. The molecule has 1 N–H and O–H groups in total. The molecule has 0 bridgehead atoms. The first-order valence-corrected chi connectivity index (χ1v) is 5.86. The molecule has 91 valence electrons. The molecule has 1 aromatic carbocycles. The van der Waals surface area contributed by atoms with Crippen LogP contribution in [0.2, 0.25) is 0 Å². The molecule has 0 aliphatic heterocycles. The van der Waals surface area contributed by atoms with Crippen LogP contribution in [0, 0.1) is 6.92 Å². The van der Waals surface area contributed by atoms with Gasteiger partial charge in [0.25, 0.3) is 0 Å². The fraction of sp³-hybridized carbons (Fsp3) is 0.133. The minimum atomic E-state index is 0. The third-order valence-electron chi connectivity index (χ3n) is 3.22. The first kappa shape index (κ1) is 13.7. The van der Waals surface area contributed by atoms with Crippen LogP contribution in [0.1, 0.15) is 5.56 Å². The van der Waals surface area contributed by atoms with Crippen molar-refractivity contribution < 1.29 is 4.74 Å². The average Bonchev–Trinajstić information content (AvgIpc) is 2.76. The Morgan fingerprint density at radius 1 is 1.21 bits per heavy atom. The molecule has 0 unspecified atom stereocenters. The molecule has 3 rings (SSSR count). The zero-order valence-electron chi connectivity index (χ0n) is 11.4. The first-order chi connectivity index (χ1) is 8.79. The molecule has 3 aromatic rings. The molecule has 0 atom stereocenters. The molecule has 2 aromatic heterocycles. The Morgan fingerprint density at radius 3 is 2.74 bits per heavy atom. The van der Waals surface area contributed by atoms with Crippen LogP contribution < -0.4 is 4.74 Å². The summed E-state index contributed by atoms with van der Waals surface area (Å²) in [5.74, 6) is 0.862. The molecule has 0 fully saturated rings. The largest absolute Gasteiger partial charge is 0.497 e. The summed E-state index contributed by atoms with van der Waals surface area (Å²) in [6.45, 7) is 2.12. The Balaban J connectivity index is 0.00000133. The summed E-state index contributed by atoms with van der Waals surface area (Å²) in [6.07, 6.45) is 3.65. The van der Waals surface area contributed by atoms with Gasteiger partial charge in [0.1, 0.15) is 5.75 Å². The van der Waals surface area contributed by atoms with Crippen LogP contribution in [0.15, 0.2) is 42.7 Å². The number of H-pyrrole nitrogens is 1. The number of hydrogen-bond donors (Lipinski definition) is 1. The van der Waals surface area contributed by atoms with Crippen LogP contribution in [0.4, 0.5) is 0 Å². The van der Waals surface area contributed by atoms with Crippen molar-refractivity contribution in [1.29, 1.82) is 0 Å². The molecule has 0 aliphatic carbocycles.